The first kappa shape index (κ1) is 27.0. The van der Waals surface area contributed by atoms with Gasteiger partial charge in [0, 0.05) is 21.7 Å². The van der Waals surface area contributed by atoms with Gasteiger partial charge in [-0.3, -0.25) is 9.59 Å². The standard InChI is InChI=1S/C26H20Cl5FN2O2/c1-25(2,14-3-5-17(32)6-4-14)34-23(35)19-12-18(7-8-20(19)29)33-24(36)22-21(26(22,30)31)13-9-15(27)11-16(28)10-13/h3-12,21-22H,1-2H3,(H,33,36)(H,34,35)/t21?,22-/m0/s1. The summed E-state index contributed by atoms with van der Waals surface area (Å²) in [4.78, 5) is 26.1. The molecule has 2 atom stereocenters. The van der Waals surface area contributed by atoms with Gasteiger partial charge >= 0.3 is 0 Å². The van der Waals surface area contributed by atoms with Crippen molar-refractivity contribution in [1.82, 2.24) is 5.32 Å². The maximum Gasteiger partial charge on any atom is 0.253 e. The van der Waals surface area contributed by atoms with E-state index in [-0.39, 0.29) is 16.4 Å². The lowest BCUT2D eigenvalue weighted by Crippen LogP contribution is -2.41. The van der Waals surface area contributed by atoms with Crippen molar-refractivity contribution in [2.24, 2.45) is 5.92 Å². The van der Waals surface area contributed by atoms with E-state index in [0.717, 1.165) is 0 Å². The summed E-state index contributed by atoms with van der Waals surface area (Å²) in [6.45, 7) is 3.57. The molecular weight excluding hydrogens is 569 g/mol. The third kappa shape index (κ3) is 5.61. The molecule has 0 aliphatic heterocycles. The van der Waals surface area contributed by atoms with Gasteiger partial charge in [-0.25, -0.2) is 4.39 Å². The van der Waals surface area contributed by atoms with Gasteiger partial charge in [-0.05, 0) is 73.5 Å². The van der Waals surface area contributed by atoms with Gasteiger partial charge in [-0.2, -0.15) is 0 Å². The first-order valence-electron chi connectivity index (χ1n) is 10.8. The fourth-order valence-electron chi connectivity index (χ4n) is 4.11. The van der Waals surface area contributed by atoms with Crippen molar-refractivity contribution in [3.05, 3.63) is 98.2 Å². The molecule has 3 aromatic carbocycles. The quantitative estimate of drug-likeness (QED) is 0.287. The molecule has 2 amide bonds. The number of carbonyl (C=O) groups excluding carboxylic acids is 2. The molecule has 1 fully saturated rings. The fourth-order valence-corrected chi connectivity index (χ4v) is 5.68. The van der Waals surface area contributed by atoms with Gasteiger partial charge < -0.3 is 10.6 Å². The zero-order chi connectivity index (χ0) is 26.4. The van der Waals surface area contributed by atoms with Crippen molar-refractivity contribution >= 4 is 75.5 Å². The number of amides is 2. The van der Waals surface area contributed by atoms with Crippen molar-refractivity contribution in [1.29, 1.82) is 0 Å². The molecule has 2 N–H and O–H groups in total. The Kier molecular flexibility index (Phi) is 7.53. The van der Waals surface area contributed by atoms with E-state index in [1.165, 1.54) is 24.3 Å². The number of hydrogen-bond donors (Lipinski definition) is 2. The number of benzene rings is 3. The van der Waals surface area contributed by atoms with Crippen molar-refractivity contribution in [3.8, 4) is 0 Å². The molecule has 0 bridgehead atoms. The second-order valence-electron chi connectivity index (χ2n) is 9.10. The van der Waals surface area contributed by atoms with Crippen LogP contribution >= 0.6 is 58.0 Å². The van der Waals surface area contributed by atoms with Crippen LogP contribution in [-0.2, 0) is 10.3 Å². The van der Waals surface area contributed by atoms with Crippen LogP contribution in [0.2, 0.25) is 15.1 Å². The summed E-state index contributed by atoms with van der Waals surface area (Å²) in [5.41, 5.74) is 1.04. The smallest absolute Gasteiger partial charge is 0.253 e. The van der Waals surface area contributed by atoms with E-state index in [1.54, 1.807) is 50.2 Å². The first-order valence-corrected chi connectivity index (χ1v) is 12.7. The summed E-state index contributed by atoms with van der Waals surface area (Å²) < 4.78 is 12.0. The van der Waals surface area contributed by atoms with E-state index in [4.69, 9.17) is 58.0 Å². The molecule has 1 aliphatic rings. The Bertz CT molecular complexity index is 1320. The van der Waals surface area contributed by atoms with E-state index in [1.807, 2.05) is 0 Å². The monoisotopic (exact) mass is 586 g/mol. The van der Waals surface area contributed by atoms with Gasteiger partial charge in [0.2, 0.25) is 5.91 Å². The average Bonchev–Trinajstić information content (AvgIpc) is 3.36. The van der Waals surface area contributed by atoms with E-state index in [2.05, 4.69) is 10.6 Å². The number of rotatable bonds is 6. The number of carbonyl (C=O) groups is 2. The Hall–Kier alpha value is -2.02. The Morgan fingerprint density at radius 1 is 0.917 bits per heavy atom. The van der Waals surface area contributed by atoms with Gasteiger partial charge in [0.15, 0.2) is 0 Å². The second kappa shape index (κ2) is 10.0. The summed E-state index contributed by atoms with van der Waals surface area (Å²) in [5, 5.41) is 6.66. The van der Waals surface area contributed by atoms with Crippen LogP contribution in [-0.4, -0.2) is 16.1 Å². The maximum atomic E-state index is 13.3. The van der Waals surface area contributed by atoms with Crippen molar-refractivity contribution in [3.63, 3.8) is 0 Å². The van der Waals surface area contributed by atoms with Crippen LogP contribution in [0.1, 0.15) is 41.3 Å². The zero-order valence-corrected chi connectivity index (χ0v) is 22.8. The van der Waals surface area contributed by atoms with Crippen LogP contribution in [0.15, 0.2) is 60.7 Å². The normalized spacial score (nSPS) is 18.4. The average molecular weight is 589 g/mol. The molecule has 0 saturated heterocycles. The molecule has 1 unspecified atom stereocenters. The highest BCUT2D eigenvalue weighted by Gasteiger charge is 2.67. The van der Waals surface area contributed by atoms with Crippen LogP contribution in [0.3, 0.4) is 0 Å². The lowest BCUT2D eigenvalue weighted by Gasteiger charge is -2.27. The molecule has 0 aromatic heterocycles. The summed E-state index contributed by atoms with van der Waals surface area (Å²) in [6, 6.07) is 15.3. The molecule has 0 heterocycles. The summed E-state index contributed by atoms with van der Waals surface area (Å²) in [7, 11) is 0. The van der Waals surface area contributed by atoms with Gasteiger partial charge in [0.25, 0.3) is 5.91 Å². The lowest BCUT2D eigenvalue weighted by molar-refractivity contribution is -0.117. The predicted octanol–water partition coefficient (Wildman–Crippen LogP) is 7.98. The van der Waals surface area contributed by atoms with Crippen molar-refractivity contribution in [2.45, 2.75) is 29.6 Å². The van der Waals surface area contributed by atoms with Crippen molar-refractivity contribution < 1.29 is 14.0 Å². The zero-order valence-electron chi connectivity index (χ0n) is 19.0. The van der Waals surface area contributed by atoms with Crippen LogP contribution in [0, 0.1) is 11.7 Å². The lowest BCUT2D eigenvalue weighted by atomic mass is 9.94. The molecule has 1 aliphatic carbocycles. The number of anilines is 1. The van der Waals surface area contributed by atoms with Gasteiger partial charge in [-0.1, -0.05) is 46.9 Å². The topological polar surface area (TPSA) is 58.2 Å². The molecule has 0 spiro atoms. The fraction of sp³-hybridized carbons (Fsp3) is 0.231. The largest absolute Gasteiger partial charge is 0.343 e. The maximum absolute atomic E-state index is 13.3. The SMILES string of the molecule is CC(C)(NC(=O)c1cc(NC(=O)[C@@H]2C(c3cc(Cl)cc(Cl)c3)C2(Cl)Cl)ccc1Cl)c1ccc(F)cc1. The highest BCUT2D eigenvalue weighted by molar-refractivity contribution is 6.53. The Balaban J connectivity index is 1.51. The minimum absolute atomic E-state index is 0.154. The third-order valence-electron chi connectivity index (χ3n) is 6.05. The first-order chi connectivity index (χ1) is 16.8. The minimum Gasteiger partial charge on any atom is -0.343 e. The molecule has 4 nitrogen and oxygen atoms in total. The molecular formula is C26H20Cl5FN2O2. The molecule has 36 heavy (non-hydrogen) atoms. The highest BCUT2D eigenvalue weighted by atomic mass is 35.5. The molecule has 188 valence electrons. The molecule has 10 heteroatoms. The second-order valence-corrected chi connectivity index (χ2v) is 11.8. The van der Waals surface area contributed by atoms with Gasteiger partial charge in [-0.15, -0.1) is 23.2 Å². The summed E-state index contributed by atoms with van der Waals surface area (Å²) in [5.74, 6) is -2.54. The third-order valence-corrected chi connectivity index (χ3v) is 7.76. The van der Waals surface area contributed by atoms with E-state index in [0.29, 0.717) is 26.9 Å². The van der Waals surface area contributed by atoms with E-state index >= 15 is 0 Å². The molecule has 4 rings (SSSR count). The van der Waals surface area contributed by atoms with Crippen LogP contribution in [0.5, 0.6) is 0 Å². The van der Waals surface area contributed by atoms with Crippen LogP contribution in [0.4, 0.5) is 10.1 Å². The van der Waals surface area contributed by atoms with E-state index < -0.39 is 33.5 Å². The molecule has 0 radical (unpaired) electrons. The Morgan fingerprint density at radius 2 is 1.53 bits per heavy atom. The summed E-state index contributed by atoms with van der Waals surface area (Å²) in [6.07, 6.45) is 0. The van der Waals surface area contributed by atoms with Crippen LogP contribution < -0.4 is 10.6 Å². The number of alkyl halides is 2. The van der Waals surface area contributed by atoms with Crippen molar-refractivity contribution in [2.75, 3.05) is 5.32 Å². The Labute approximate surface area is 233 Å². The number of hydrogen-bond acceptors (Lipinski definition) is 2. The molecule has 1 saturated carbocycles. The summed E-state index contributed by atoms with van der Waals surface area (Å²) >= 11 is 31.3. The number of nitrogens with one attached hydrogen (secondary N) is 2. The highest BCUT2D eigenvalue weighted by Crippen LogP contribution is 2.65. The number of halogens is 6. The predicted molar refractivity (Wildman–Crippen MR) is 144 cm³/mol. The molecule has 3 aromatic rings. The van der Waals surface area contributed by atoms with Gasteiger partial charge in [0.1, 0.15) is 10.2 Å². The van der Waals surface area contributed by atoms with Gasteiger partial charge in [0.05, 0.1) is 22.0 Å². The van der Waals surface area contributed by atoms with Crippen LogP contribution in [0.25, 0.3) is 0 Å². The minimum atomic E-state index is -1.34. The Morgan fingerprint density at radius 3 is 2.14 bits per heavy atom. The van der Waals surface area contributed by atoms with E-state index in [9.17, 15) is 14.0 Å².